The molecule has 1 heterocycles. The van der Waals surface area contributed by atoms with Crippen LogP contribution in [0.2, 0.25) is 0 Å². The molecule has 19 heavy (non-hydrogen) atoms. The SMILES string of the molecule is Cc1ccc(C)c(Sc2cc(/C(N)=N/O)ccn2)c1. The first-order valence-corrected chi connectivity index (χ1v) is 6.61. The van der Waals surface area contributed by atoms with Crippen molar-refractivity contribution in [1.82, 2.24) is 4.98 Å². The first-order chi connectivity index (χ1) is 9.10. The minimum absolute atomic E-state index is 0.0882. The van der Waals surface area contributed by atoms with Crippen molar-refractivity contribution in [2.24, 2.45) is 10.9 Å². The van der Waals surface area contributed by atoms with E-state index < -0.39 is 0 Å². The molecule has 0 saturated heterocycles. The lowest BCUT2D eigenvalue weighted by Crippen LogP contribution is -2.13. The maximum atomic E-state index is 8.69. The van der Waals surface area contributed by atoms with E-state index in [1.807, 2.05) is 6.07 Å². The largest absolute Gasteiger partial charge is 0.409 e. The summed E-state index contributed by atoms with van der Waals surface area (Å²) in [6, 6.07) is 9.81. The Morgan fingerprint density at radius 3 is 2.79 bits per heavy atom. The molecule has 0 aliphatic rings. The van der Waals surface area contributed by atoms with Gasteiger partial charge in [-0.25, -0.2) is 4.98 Å². The van der Waals surface area contributed by atoms with Gasteiger partial charge in [0.2, 0.25) is 0 Å². The molecule has 1 aromatic carbocycles. The highest BCUT2D eigenvalue weighted by Gasteiger charge is 2.06. The number of aryl methyl sites for hydroxylation is 2. The van der Waals surface area contributed by atoms with E-state index in [1.54, 1.807) is 24.0 Å². The first kappa shape index (κ1) is 13.4. The molecule has 0 fully saturated rings. The van der Waals surface area contributed by atoms with Crippen molar-refractivity contribution in [3.8, 4) is 0 Å². The second-order valence-electron chi connectivity index (χ2n) is 4.24. The van der Waals surface area contributed by atoms with Crippen LogP contribution in [0.5, 0.6) is 0 Å². The number of aromatic nitrogens is 1. The van der Waals surface area contributed by atoms with Gasteiger partial charge in [0.05, 0.1) is 0 Å². The van der Waals surface area contributed by atoms with Crippen LogP contribution in [0.1, 0.15) is 16.7 Å². The number of rotatable bonds is 3. The molecule has 98 valence electrons. The summed E-state index contributed by atoms with van der Waals surface area (Å²) in [6.45, 7) is 4.12. The van der Waals surface area contributed by atoms with Crippen molar-refractivity contribution >= 4 is 17.6 Å². The van der Waals surface area contributed by atoms with Crippen LogP contribution in [0.25, 0.3) is 0 Å². The zero-order valence-electron chi connectivity index (χ0n) is 10.8. The number of benzene rings is 1. The molecule has 1 aromatic heterocycles. The lowest BCUT2D eigenvalue weighted by Gasteiger charge is -2.07. The average Bonchev–Trinajstić information content (AvgIpc) is 2.42. The number of hydrogen-bond acceptors (Lipinski definition) is 4. The van der Waals surface area contributed by atoms with E-state index in [-0.39, 0.29) is 5.84 Å². The van der Waals surface area contributed by atoms with E-state index in [2.05, 4.69) is 42.2 Å². The van der Waals surface area contributed by atoms with Crippen LogP contribution in [0, 0.1) is 13.8 Å². The average molecular weight is 273 g/mol. The smallest absolute Gasteiger partial charge is 0.170 e. The molecule has 3 N–H and O–H groups in total. The molecule has 2 aromatic rings. The molecule has 0 aliphatic heterocycles. The monoisotopic (exact) mass is 273 g/mol. The van der Waals surface area contributed by atoms with Crippen molar-refractivity contribution < 1.29 is 5.21 Å². The highest BCUT2D eigenvalue weighted by molar-refractivity contribution is 7.99. The third-order valence-electron chi connectivity index (χ3n) is 2.70. The van der Waals surface area contributed by atoms with E-state index in [4.69, 9.17) is 10.9 Å². The Kier molecular flexibility index (Phi) is 4.06. The Morgan fingerprint density at radius 1 is 1.26 bits per heavy atom. The molecule has 0 bridgehead atoms. The second-order valence-corrected chi connectivity index (χ2v) is 5.30. The van der Waals surface area contributed by atoms with Crippen LogP contribution in [-0.4, -0.2) is 16.0 Å². The summed E-state index contributed by atoms with van der Waals surface area (Å²) in [5.74, 6) is 0.0882. The zero-order chi connectivity index (χ0) is 13.8. The Balaban J connectivity index is 2.31. The third-order valence-corrected chi connectivity index (χ3v) is 3.79. The zero-order valence-corrected chi connectivity index (χ0v) is 11.6. The Hall–Kier alpha value is -2.01. The predicted molar refractivity (Wildman–Crippen MR) is 76.8 cm³/mol. The molecular formula is C14H15N3OS. The third kappa shape index (κ3) is 3.26. The van der Waals surface area contributed by atoms with Crippen molar-refractivity contribution in [3.05, 3.63) is 53.2 Å². The molecule has 0 radical (unpaired) electrons. The van der Waals surface area contributed by atoms with E-state index in [0.29, 0.717) is 5.56 Å². The maximum absolute atomic E-state index is 8.69. The van der Waals surface area contributed by atoms with Crippen molar-refractivity contribution in [2.45, 2.75) is 23.8 Å². The quantitative estimate of drug-likeness (QED) is 0.390. The minimum Gasteiger partial charge on any atom is -0.409 e. The molecule has 0 unspecified atom stereocenters. The number of pyridine rings is 1. The summed E-state index contributed by atoms with van der Waals surface area (Å²) in [7, 11) is 0. The minimum atomic E-state index is 0.0882. The van der Waals surface area contributed by atoms with Crippen LogP contribution in [0.3, 0.4) is 0 Å². The van der Waals surface area contributed by atoms with Gasteiger partial charge in [-0.1, -0.05) is 29.1 Å². The van der Waals surface area contributed by atoms with Crippen LogP contribution in [-0.2, 0) is 0 Å². The van der Waals surface area contributed by atoms with Gasteiger partial charge in [0, 0.05) is 16.7 Å². The summed E-state index contributed by atoms with van der Waals surface area (Å²) in [5, 5.41) is 12.5. The molecule has 0 saturated carbocycles. The van der Waals surface area contributed by atoms with Crippen LogP contribution >= 0.6 is 11.8 Å². The molecule has 0 atom stereocenters. The maximum Gasteiger partial charge on any atom is 0.170 e. The van der Waals surface area contributed by atoms with Crippen LogP contribution < -0.4 is 5.73 Å². The van der Waals surface area contributed by atoms with Crippen LogP contribution in [0.4, 0.5) is 0 Å². The number of amidine groups is 1. The van der Waals surface area contributed by atoms with Gasteiger partial charge in [0.25, 0.3) is 0 Å². The van der Waals surface area contributed by atoms with Gasteiger partial charge in [0.1, 0.15) is 5.03 Å². The Bertz CT molecular complexity index is 626. The first-order valence-electron chi connectivity index (χ1n) is 5.79. The van der Waals surface area contributed by atoms with E-state index in [0.717, 1.165) is 9.92 Å². The van der Waals surface area contributed by atoms with Gasteiger partial charge in [-0.15, -0.1) is 0 Å². The van der Waals surface area contributed by atoms with Crippen LogP contribution in [0.15, 0.2) is 51.6 Å². The van der Waals surface area contributed by atoms with Crippen molar-refractivity contribution in [1.29, 1.82) is 0 Å². The topological polar surface area (TPSA) is 71.5 Å². The summed E-state index contributed by atoms with van der Waals surface area (Å²) < 4.78 is 0. The summed E-state index contributed by atoms with van der Waals surface area (Å²) in [4.78, 5) is 5.45. The fraction of sp³-hybridized carbons (Fsp3) is 0.143. The van der Waals surface area contributed by atoms with Gasteiger partial charge < -0.3 is 10.9 Å². The second kappa shape index (κ2) is 5.75. The lowest BCUT2D eigenvalue weighted by molar-refractivity contribution is 0.318. The predicted octanol–water partition coefficient (Wildman–Crippen LogP) is 2.94. The number of oxime groups is 1. The number of nitrogens with zero attached hydrogens (tertiary/aromatic N) is 2. The van der Waals surface area contributed by atoms with Crippen molar-refractivity contribution in [3.63, 3.8) is 0 Å². The van der Waals surface area contributed by atoms with Gasteiger partial charge in [-0.3, -0.25) is 0 Å². The number of nitrogens with two attached hydrogens (primary N) is 1. The molecule has 0 aliphatic carbocycles. The van der Waals surface area contributed by atoms with E-state index in [9.17, 15) is 0 Å². The Morgan fingerprint density at radius 2 is 2.05 bits per heavy atom. The summed E-state index contributed by atoms with van der Waals surface area (Å²) in [5.41, 5.74) is 8.64. The van der Waals surface area contributed by atoms with Gasteiger partial charge in [-0.2, -0.15) is 0 Å². The molecule has 0 spiro atoms. The van der Waals surface area contributed by atoms with Crippen molar-refractivity contribution in [2.75, 3.05) is 0 Å². The molecule has 0 amide bonds. The Labute approximate surface area is 116 Å². The highest BCUT2D eigenvalue weighted by Crippen LogP contribution is 2.29. The molecule has 4 nitrogen and oxygen atoms in total. The normalized spacial score (nSPS) is 11.6. The molecule has 2 rings (SSSR count). The number of hydrogen-bond donors (Lipinski definition) is 2. The fourth-order valence-electron chi connectivity index (χ4n) is 1.61. The highest BCUT2D eigenvalue weighted by atomic mass is 32.2. The standard InChI is InChI=1S/C14H15N3OS/c1-9-3-4-10(2)12(7-9)19-13-8-11(5-6-16-13)14(15)17-18/h3-8,18H,1-2H3,(H2,15,17). The van der Waals surface area contributed by atoms with Gasteiger partial charge >= 0.3 is 0 Å². The molecule has 5 heteroatoms. The summed E-state index contributed by atoms with van der Waals surface area (Å²) in [6.07, 6.45) is 1.65. The van der Waals surface area contributed by atoms with E-state index in [1.165, 1.54) is 11.1 Å². The molecular weight excluding hydrogens is 258 g/mol. The van der Waals surface area contributed by atoms with Gasteiger partial charge in [-0.05, 0) is 43.2 Å². The van der Waals surface area contributed by atoms with Gasteiger partial charge in [0.15, 0.2) is 5.84 Å². The fourth-order valence-corrected chi connectivity index (χ4v) is 2.61. The summed E-state index contributed by atoms with van der Waals surface area (Å²) >= 11 is 1.57. The lowest BCUT2D eigenvalue weighted by atomic mass is 10.2. The van der Waals surface area contributed by atoms with E-state index >= 15 is 0 Å².